The van der Waals surface area contributed by atoms with Gasteiger partial charge in [0.25, 0.3) is 0 Å². The third kappa shape index (κ3) is 4.35. The number of benzene rings is 4. The SMILES string of the molecule is O=C(O)c1ccc2cc(Oc3cccc(Oc4ccc5cc(C(=O)O)ccc5c4)n3)ccc2c1. The van der Waals surface area contributed by atoms with Crippen LogP contribution in [0, 0.1) is 0 Å². The molecular weight excluding hydrogens is 434 g/mol. The molecule has 166 valence electrons. The Morgan fingerprint density at radius 1 is 0.559 bits per heavy atom. The van der Waals surface area contributed by atoms with Gasteiger partial charge in [-0.1, -0.05) is 30.3 Å². The molecule has 0 saturated carbocycles. The van der Waals surface area contributed by atoms with Gasteiger partial charge in [0.2, 0.25) is 11.8 Å². The lowest BCUT2D eigenvalue weighted by molar-refractivity contribution is 0.0686. The van der Waals surface area contributed by atoms with E-state index in [0.29, 0.717) is 23.3 Å². The van der Waals surface area contributed by atoms with Crippen LogP contribution in [0.15, 0.2) is 91.0 Å². The van der Waals surface area contributed by atoms with Crippen molar-refractivity contribution < 1.29 is 29.3 Å². The Labute approximate surface area is 193 Å². The van der Waals surface area contributed by atoms with E-state index in [1.165, 1.54) is 0 Å². The maximum Gasteiger partial charge on any atom is 0.335 e. The van der Waals surface area contributed by atoms with E-state index in [9.17, 15) is 9.59 Å². The highest BCUT2D eigenvalue weighted by molar-refractivity contribution is 5.95. The highest BCUT2D eigenvalue weighted by Crippen LogP contribution is 2.29. The summed E-state index contributed by atoms with van der Waals surface area (Å²) in [5, 5.41) is 21.6. The van der Waals surface area contributed by atoms with Crippen LogP contribution >= 0.6 is 0 Å². The first-order chi connectivity index (χ1) is 16.4. The van der Waals surface area contributed by atoms with E-state index in [2.05, 4.69) is 4.98 Å². The molecule has 0 fully saturated rings. The summed E-state index contributed by atoms with van der Waals surface area (Å²) < 4.78 is 11.8. The summed E-state index contributed by atoms with van der Waals surface area (Å²) in [7, 11) is 0. The van der Waals surface area contributed by atoms with Crippen molar-refractivity contribution in [2.45, 2.75) is 0 Å². The van der Waals surface area contributed by atoms with Crippen molar-refractivity contribution in [3.63, 3.8) is 0 Å². The second-order valence-corrected chi connectivity index (χ2v) is 7.58. The fourth-order valence-electron chi connectivity index (χ4n) is 3.59. The summed E-state index contributed by atoms with van der Waals surface area (Å²) >= 11 is 0. The number of ether oxygens (including phenoxy) is 2. The Hall–Kier alpha value is -4.91. The number of aromatic nitrogens is 1. The van der Waals surface area contributed by atoms with Crippen LogP contribution in [-0.2, 0) is 0 Å². The monoisotopic (exact) mass is 451 g/mol. The van der Waals surface area contributed by atoms with E-state index in [1.807, 2.05) is 12.1 Å². The topological polar surface area (TPSA) is 106 Å². The Morgan fingerprint density at radius 3 is 1.41 bits per heavy atom. The molecule has 0 saturated heterocycles. The van der Waals surface area contributed by atoms with Gasteiger partial charge < -0.3 is 19.7 Å². The van der Waals surface area contributed by atoms with Gasteiger partial charge >= 0.3 is 11.9 Å². The number of nitrogens with zero attached hydrogens (tertiary/aromatic N) is 1. The molecule has 7 heteroatoms. The fourth-order valence-corrected chi connectivity index (χ4v) is 3.59. The highest BCUT2D eigenvalue weighted by Gasteiger charge is 2.08. The van der Waals surface area contributed by atoms with Crippen molar-refractivity contribution in [3.05, 3.63) is 102 Å². The zero-order valence-corrected chi connectivity index (χ0v) is 17.6. The largest absolute Gasteiger partial charge is 0.478 e. The summed E-state index contributed by atoms with van der Waals surface area (Å²) in [5.41, 5.74) is 0.451. The molecule has 0 atom stereocenters. The number of hydrogen-bond donors (Lipinski definition) is 2. The van der Waals surface area contributed by atoms with Crippen LogP contribution in [0.25, 0.3) is 21.5 Å². The maximum absolute atomic E-state index is 11.2. The number of carboxylic acid groups (broad SMARTS) is 2. The van der Waals surface area contributed by atoms with Gasteiger partial charge in [-0.25, -0.2) is 9.59 Å². The molecule has 0 aliphatic rings. The molecule has 5 rings (SSSR count). The van der Waals surface area contributed by atoms with E-state index in [1.54, 1.807) is 78.9 Å². The van der Waals surface area contributed by atoms with Gasteiger partial charge in [-0.15, -0.1) is 0 Å². The van der Waals surface area contributed by atoms with Crippen molar-refractivity contribution in [1.29, 1.82) is 0 Å². The normalized spacial score (nSPS) is 10.8. The van der Waals surface area contributed by atoms with E-state index in [-0.39, 0.29) is 11.1 Å². The minimum atomic E-state index is -0.973. The highest BCUT2D eigenvalue weighted by atomic mass is 16.5. The van der Waals surface area contributed by atoms with Crippen LogP contribution in [0.4, 0.5) is 0 Å². The molecule has 0 aliphatic carbocycles. The van der Waals surface area contributed by atoms with E-state index >= 15 is 0 Å². The molecule has 0 bridgehead atoms. The van der Waals surface area contributed by atoms with E-state index in [0.717, 1.165) is 21.5 Å². The predicted octanol–water partition coefficient (Wildman–Crippen LogP) is 6.37. The van der Waals surface area contributed by atoms with Crippen LogP contribution < -0.4 is 9.47 Å². The molecule has 0 spiro atoms. The van der Waals surface area contributed by atoms with Gasteiger partial charge in [0.05, 0.1) is 11.1 Å². The number of rotatable bonds is 6. The summed E-state index contributed by atoms with van der Waals surface area (Å²) in [4.78, 5) is 26.7. The molecule has 34 heavy (non-hydrogen) atoms. The van der Waals surface area contributed by atoms with Gasteiger partial charge in [-0.2, -0.15) is 4.98 Å². The summed E-state index contributed by atoms with van der Waals surface area (Å²) in [5.74, 6) is -0.156. The first-order valence-electron chi connectivity index (χ1n) is 10.3. The zero-order valence-electron chi connectivity index (χ0n) is 17.6. The second kappa shape index (κ2) is 8.55. The molecule has 7 nitrogen and oxygen atoms in total. The van der Waals surface area contributed by atoms with Crippen LogP contribution in [0.5, 0.6) is 23.3 Å². The van der Waals surface area contributed by atoms with Gasteiger partial charge in [0.1, 0.15) is 11.5 Å². The number of carboxylic acids is 2. The molecule has 0 amide bonds. The molecule has 5 aromatic rings. The van der Waals surface area contributed by atoms with E-state index in [4.69, 9.17) is 19.7 Å². The van der Waals surface area contributed by atoms with Crippen molar-refractivity contribution in [2.24, 2.45) is 0 Å². The number of aromatic carboxylic acids is 2. The third-order valence-corrected chi connectivity index (χ3v) is 5.26. The van der Waals surface area contributed by atoms with Gasteiger partial charge in [-0.05, 0) is 70.1 Å². The lowest BCUT2D eigenvalue weighted by Gasteiger charge is -2.10. The minimum absolute atomic E-state index is 0.226. The van der Waals surface area contributed by atoms with Crippen molar-refractivity contribution >= 4 is 33.5 Å². The summed E-state index contributed by atoms with van der Waals surface area (Å²) in [6, 6.07) is 25.7. The minimum Gasteiger partial charge on any atom is -0.478 e. The second-order valence-electron chi connectivity index (χ2n) is 7.58. The van der Waals surface area contributed by atoms with Crippen molar-refractivity contribution in [1.82, 2.24) is 4.98 Å². The number of fused-ring (bicyclic) bond motifs is 2. The molecule has 2 N–H and O–H groups in total. The van der Waals surface area contributed by atoms with Crippen molar-refractivity contribution in [2.75, 3.05) is 0 Å². The smallest absolute Gasteiger partial charge is 0.335 e. The van der Waals surface area contributed by atoms with Crippen LogP contribution in [0.3, 0.4) is 0 Å². The zero-order chi connectivity index (χ0) is 23.7. The average molecular weight is 451 g/mol. The van der Waals surface area contributed by atoms with Crippen LogP contribution in [0.2, 0.25) is 0 Å². The molecule has 1 aromatic heterocycles. The van der Waals surface area contributed by atoms with Crippen molar-refractivity contribution in [3.8, 4) is 23.3 Å². The number of pyridine rings is 1. The molecule has 0 aliphatic heterocycles. The third-order valence-electron chi connectivity index (χ3n) is 5.26. The molecular formula is C27H17NO6. The maximum atomic E-state index is 11.2. The first-order valence-corrected chi connectivity index (χ1v) is 10.3. The Bertz CT molecular complexity index is 1460. The summed E-state index contributed by atoms with van der Waals surface area (Å²) in [6.07, 6.45) is 0. The first kappa shape index (κ1) is 21.0. The lowest BCUT2D eigenvalue weighted by Crippen LogP contribution is -1.95. The van der Waals surface area contributed by atoms with Gasteiger partial charge in [0, 0.05) is 12.1 Å². The number of carbonyl (C=O) groups is 2. The molecule has 0 radical (unpaired) electrons. The summed E-state index contributed by atoms with van der Waals surface area (Å²) in [6.45, 7) is 0. The Kier molecular flexibility index (Phi) is 5.27. The van der Waals surface area contributed by atoms with Gasteiger partial charge in [-0.3, -0.25) is 0 Å². The lowest BCUT2D eigenvalue weighted by atomic mass is 10.1. The van der Waals surface area contributed by atoms with Crippen LogP contribution in [0.1, 0.15) is 20.7 Å². The molecule has 4 aromatic carbocycles. The fraction of sp³-hybridized carbons (Fsp3) is 0. The van der Waals surface area contributed by atoms with Gasteiger partial charge in [0.15, 0.2) is 0 Å². The van der Waals surface area contributed by atoms with Crippen LogP contribution in [-0.4, -0.2) is 27.1 Å². The van der Waals surface area contributed by atoms with E-state index < -0.39 is 11.9 Å². The molecule has 0 unspecified atom stereocenters. The Balaban J connectivity index is 1.35. The Morgan fingerprint density at radius 2 is 0.971 bits per heavy atom. The number of hydrogen-bond acceptors (Lipinski definition) is 5. The predicted molar refractivity (Wildman–Crippen MR) is 126 cm³/mol. The standard InChI is InChI=1S/C27H17NO6/c29-26(30)20-6-4-18-14-22(10-8-16(18)12-20)33-24-2-1-3-25(28-24)34-23-11-9-17-13-21(27(31)32)7-5-19(17)15-23/h1-15H,(H,29,30)(H,31,32). The molecule has 1 heterocycles. The quantitative estimate of drug-likeness (QED) is 0.309. The average Bonchev–Trinajstić information content (AvgIpc) is 2.83.